The Hall–Kier alpha value is -1.91. The first-order valence-electron chi connectivity index (χ1n) is 9.10. The zero-order chi connectivity index (χ0) is 19.5. The van der Waals surface area contributed by atoms with Crippen molar-refractivity contribution in [2.75, 3.05) is 37.0 Å². The van der Waals surface area contributed by atoms with Crippen LogP contribution in [0.15, 0.2) is 71.8 Å². The van der Waals surface area contributed by atoms with Gasteiger partial charge in [-0.2, -0.15) is 0 Å². The van der Waals surface area contributed by atoms with Gasteiger partial charge >= 0.3 is 0 Å². The van der Waals surface area contributed by atoms with E-state index in [2.05, 4.69) is 86.0 Å². The van der Waals surface area contributed by atoms with Gasteiger partial charge in [0.05, 0.1) is 0 Å². The molecule has 27 heavy (non-hydrogen) atoms. The van der Waals surface area contributed by atoms with Crippen molar-refractivity contribution in [3.05, 3.63) is 72.3 Å². The maximum absolute atomic E-state index is 4.43. The molecule has 2 aromatic rings. The van der Waals surface area contributed by atoms with Gasteiger partial charge in [0.2, 0.25) is 0 Å². The molecule has 0 aliphatic carbocycles. The molecule has 0 bridgehead atoms. The van der Waals surface area contributed by atoms with Gasteiger partial charge in [0.1, 0.15) is 0 Å². The minimum atomic E-state index is 0.849. The fourth-order valence-corrected chi connectivity index (χ4v) is 4.00. The fraction of sp³-hybridized carbons (Fsp3) is 0.261. The number of hydrogen-bond donors (Lipinski definition) is 0. The molecule has 0 saturated carbocycles. The number of rotatable bonds is 10. The number of allylic oxidation sites excluding steroid dienone is 4. The normalized spacial score (nSPS) is 12.3. The van der Waals surface area contributed by atoms with Crippen LogP contribution in [-0.2, 0) is 0 Å². The summed E-state index contributed by atoms with van der Waals surface area (Å²) in [4.78, 5) is 6.55. The molecule has 0 N–H and O–H groups in total. The van der Waals surface area contributed by atoms with Crippen molar-refractivity contribution in [1.82, 2.24) is 0 Å². The first-order valence-corrected chi connectivity index (χ1v) is 11.6. The quantitative estimate of drug-likeness (QED) is 0.197. The van der Waals surface area contributed by atoms with Gasteiger partial charge in [-0.3, -0.25) is 4.99 Å². The van der Waals surface area contributed by atoms with Crippen molar-refractivity contribution in [3.8, 4) is 0 Å². The van der Waals surface area contributed by atoms with Crippen LogP contribution in [0.1, 0.15) is 12.5 Å². The molecule has 2 rings (SSSR count). The van der Waals surface area contributed by atoms with E-state index in [1.54, 1.807) is 0 Å². The molecule has 4 heteroatoms. The van der Waals surface area contributed by atoms with E-state index < -0.39 is 0 Å². The van der Waals surface area contributed by atoms with Crippen molar-refractivity contribution in [3.63, 3.8) is 0 Å². The molecule has 0 aliphatic heterocycles. The minimum Gasteiger partial charge on any atom is -0.378 e. The third-order valence-electron chi connectivity index (χ3n) is 3.95. The van der Waals surface area contributed by atoms with Crippen LogP contribution in [0, 0.1) is 0 Å². The first-order chi connectivity index (χ1) is 13.1. The highest BCUT2D eigenvalue weighted by Gasteiger charge is 1.99. The predicted octanol–water partition coefficient (Wildman–Crippen LogP) is 6.50. The van der Waals surface area contributed by atoms with Crippen LogP contribution >= 0.6 is 21.6 Å². The lowest BCUT2D eigenvalue weighted by Gasteiger charge is -2.13. The largest absolute Gasteiger partial charge is 0.378 e. The Kier molecular flexibility index (Phi) is 9.29. The first kappa shape index (κ1) is 21.4. The second-order valence-electron chi connectivity index (χ2n) is 6.17. The zero-order valence-electron chi connectivity index (χ0n) is 16.4. The van der Waals surface area contributed by atoms with Crippen LogP contribution in [0.5, 0.6) is 0 Å². The lowest BCUT2D eigenvalue weighted by molar-refractivity contribution is 1.14. The molecule has 0 amide bonds. The third kappa shape index (κ3) is 7.31. The highest BCUT2D eigenvalue weighted by Crippen LogP contribution is 2.23. The predicted molar refractivity (Wildman–Crippen MR) is 130 cm³/mol. The molecule has 2 nitrogen and oxygen atoms in total. The lowest BCUT2D eigenvalue weighted by Crippen LogP contribution is -2.07. The van der Waals surface area contributed by atoms with Gasteiger partial charge < -0.3 is 4.90 Å². The summed E-state index contributed by atoms with van der Waals surface area (Å²) >= 11 is 0. The molecule has 0 saturated heterocycles. The van der Waals surface area contributed by atoms with Gasteiger partial charge in [-0.15, -0.1) is 0 Å². The maximum atomic E-state index is 4.43. The maximum Gasteiger partial charge on any atom is 0.0488 e. The zero-order valence-corrected chi connectivity index (χ0v) is 18.0. The van der Waals surface area contributed by atoms with Crippen LogP contribution in [0.4, 0.5) is 5.69 Å². The number of aliphatic imine (C=N–C) groups is 1. The topological polar surface area (TPSA) is 15.6 Å². The van der Waals surface area contributed by atoms with E-state index >= 15 is 0 Å². The van der Waals surface area contributed by atoms with Gasteiger partial charge in [-0.1, -0.05) is 71.5 Å². The van der Waals surface area contributed by atoms with Crippen LogP contribution < -0.4 is 4.90 Å². The summed E-state index contributed by atoms with van der Waals surface area (Å²) in [6.45, 7) is 6.91. The van der Waals surface area contributed by atoms with Crippen molar-refractivity contribution in [1.29, 1.82) is 0 Å². The molecule has 0 radical (unpaired) electrons. The summed E-state index contributed by atoms with van der Waals surface area (Å²) in [6, 6.07) is 13.1. The van der Waals surface area contributed by atoms with Gasteiger partial charge in [-0.05, 0) is 46.2 Å². The average molecular weight is 397 g/mol. The third-order valence-corrected chi connectivity index (χ3v) is 6.40. The van der Waals surface area contributed by atoms with E-state index in [1.165, 1.54) is 22.0 Å². The molecule has 0 unspecified atom stereocenters. The number of benzene rings is 2. The molecular weight excluding hydrogens is 368 g/mol. The molecule has 0 heterocycles. The average Bonchev–Trinajstić information content (AvgIpc) is 2.68. The Morgan fingerprint density at radius 3 is 2.63 bits per heavy atom. The second kappa shape index (κ2) is 11.7. The number of anilines is 1. The van der Waals surface area contributed by atoms with Crippen LogP contribution in [-0.4, -0.2) is 38.4 Å². The highest BCUT2D eigenvalue weighted by molar-refractivity contribution is 8.76. The lowest BCUT2D eigenvalue weighted by atomic mass is 10.0. The summed E-state index contributed by atoms with van der Waals surface area (Å²) in [5.41, 5.74) is 3.45. The molecule has 0 atom stereocenters. The summed E-state index contributed by atoms with van der Waals surface area (Å²) in [7, 11) is 7.88. The highest BCUT2D eigenvalue weighted by atomic mass is 33.1. The Morgan fingerprint density at radius 1 is 1.11 bits per heavy atom. The van der Waals surface area contributed by atoms with E-state index in [1.807, 2.05) is 40.0 Å². The van der Waals surface area contributed by atoms with E-state index in [4.69, 9.17) is 0 Å². The smallest absolute Gasteiger partial charge is 0.0488 e. The molecule has 0 aliphatic rings. The summed E-state index contributed by atoms with van der Waals surface area (Å²) in [6.07, 6.45) is 9.94. The van der Waals surface area contributed by atoms with Gasteiger partial charge in [0.15, 0.2) is 0 Å². The molecule has 0 aromatic heterocycles. The minimum absolute atomic E-state index is 0.849. The number of nitrogens with zero attached hydrogens (tertiary/aromatic N) is 2. The van der Waals surface area contributed by atoms with Gasteiger partial charge in [0, 0.05) is 44.0 Å². The van der Waals surface area contributed by atoms with Gasteiger partial charge in [-0.25, -0.2) is 0 Å². The Balaban J connectivity index is 2.01. The Labute approximate surface area is 171 Å². The molecule has 0 spiro atoms. The monoisotopic (exact) mass is 396 g/mol. The second-order valence-corrected chi connectivity index (χ2v) is 9.04. The van der Waals surface area contributed by atoms with Crippen molar-refractivity contribution >= 4 is 50.3 Å². The van der Waals surface area contributed by atoms with Crippen LogP contribution in [0.3, 0.4) is 0 Å². The molecule has 2 aromatic carbocycles. The van der Waals surface area contributed by atoms with Crippen molar-refractivity contribution in [2.45, 2.75) is 6.92 Å². The van der Waals surface area contributed by atoms with E-state index in [-0.39, 0.29) is 0 Å². The molecular formula is C23H28N2S2. The number of fused-ring (bicyclic) bond motifs is 1. The Bertz CT molecular complexity index is 835. The van der Waals surface area contributed by atoms with E-state index in [0.29, 0.717) is 0 Å². The summed E-state index contributed by atoms with van der Waals surface area (Å²) in [5, 5.41) is 2.50. The standard InChI is InChI=1S/C23H28N2S2/c1-5-19(13-14-24-15-16-27-26-6-2)7-8-20-9-10-22-18-23(25(3)4)12-11-21(22)17-20/h5,7-14,17-18H,1,6,15-16H2,2-4H3/b8-7+,19-13+,24-14?. The molecule has 142 valence electrons. The molecule has 0 fully saturated rings. The van der Waals surface area contributed by atoms with Crippen molar-refractivity contribution < 1.29 is 0 Å². The number of hydrogen-bond acceptors (Lipinski definition) is 4. The van der Waals surface area contributed by atoms with E-state index in [9.17, 15) is 0 Å². The van der Waals surface area contributed by atoms with Crippen molar-refractivity contribution in [2.24, 2.45) is 4.99 Å². The van der Waals surface area contributed by atoms with E-state index in [0.717, 1.165) is 23.6 Å². The Morgan fingerprint density at radius 2 is 1.89 bits per heavy atom. The van der Waals surface area contributed by atoms with Gasteiger partial charge in [0.25, 0.3) is 0 Å². The van der Waals surface area contributed by atoms with Crippen LogP contribution in [0.25, 0.3) is 16.8 Å². The summed E-state index contributed by atoms with van der Waals surface area (Å²) in [5.74, 6) is 2.19. The fourth-order valence-electron chi connectivity index (χ4n) is 2.46. The van der Waals surface area contributed by atoms with Crippen LogP contribution in [0.2, 0.25) is 0 Å². The summed E-state index contributed by atoms with van der Waals surface area (Å²) < 4.78 is 0. The SMILES string of the molecule is C=CC(/C=C/c1ccc2cc(N(C)C)ccc2c1)=C\C=NCCSSCC.